The molecule has 1 aromatic rings. The second kappa shape index (κ2) is 4.28. The van der Waals surface area contributed by atoms with Gasteiger partial charge in [0.05, 0.1) is 0 Å². The van der Waals surface area contributed by atoms with Gasteiger partial charge in [-0.2, -0.15) is 8.78 Å². The molecule has 1 nitrogen and oxygen atoms in total. The minimum atomic E-state index is -3.23. The van der Waals surface area contributed by atoms with Crippen molar-refractivity contribution in [3.05, 3.63) is 41.7 Å². The molecule has 0 spiro atoms. The van der Waals surface area contributed by atoms with Crippen molar-refractivity contribution in [2.45, 2.75) is 5.92 Å². The van der Waals surface area contributed by atoms with Crippen LogP contribution in [0.4, 0.5) is 13.2 Å². The molecule has 0 fully saturated rings. The zero-order valence-corrected chi connectivity index (χ0v) is 7.25. The Morgan fingerprint density at radius 3 is 2.29 bits per heavy atom. The Morgan fingerprint density at radius 1 is 1.21 bits per heavy atom. The van der Waals surface area contributed by atoms with Gasteiger partial charge in [-0.1, -0.05) is 18.2 Å². The van der Waals surface area contributed by atoms with Crippen molar-refractivity contribution in [1.29, 1.82) is 0 Å². The Labute approximate surface area is 79.5 Å². The molecule has 1 aromatic carbocycles. The lowest BCUT2D eigenvalue weighted by molar-refractivity contribution is -0.00410. The first-order valence-electron chi connectivity index (χ1n) is 3.97. The highest BCUT2D eigenvalue weighted by Gasteiger charge is 2.22. The van der Waals surface area contributed by atoms with Gasteiger partial charge >= 0.3 is 0 Å². The van der Waals surface area contributed by atoms with Gasteiger partial charge in [0, 0.05) is 0 Å². The van der Waals surface area contributed by atoms with Crippen LogP contribution in [0.5, 0.6) is 0 Å². The molecule has 0 amide bonds. The molecule has 0 radical (unpaired) electrons. The SMILES string of the molecule is OCC(F)(F)/C=C/c1ccc(F)cc1. The van der Waals surface area contributed by atoms with Gasteiger partial charge < -0.3 is 5.11 Å². The second-order valence-electron chi connectivity index (χ2n) is 2.80. The van der Waals surface area contributed by atoms with Crippen molar-refractivity contribution < 1.29 is 18.3 Å². The maximum absolute atomic E-state index is 12.5. The minimum Gasteiger partial charge on any atom is -0.390 e. The van der Waals surface area contributed by atoms with Gasteiger partial charge in [-0.3, -0.25) is 0 Å². The molecule has 76 valence electrons. The summed E-state index contributed by atoms with van der Waals surface area (Å²) in [5.41, 5.74) is 0.458. The maximum atomic E-state index is 12.5. The summed E-state index contributed by atoms with van der Waals surface area (Å²) in [6.07, 6.45) is 1.72. The van der Waals surface area contributed by atoms with Crippen molar-refractivity contribution >= 4 is 6.08 Å². The molecule has 0 aliphatic carbocycles. The van der Waals surface area contributed by atoms with Crippen LogP contribution in [0.2, 0.25) is 0 Å². The standard InChI is InChI=1S/C10H9F3O/c11-9-3-1-8(2-4-9)5-6-10(12,13)7-14/h1-6,14H,7H2/b6-5+. The smallest absolute Gasteiger partial charge is 0.289 e. The van der Waals surface area contributed by atoms with Crippen LogP contribution in [-0.2, 0) is 0 Å². The third kappa shape index (κ3) is 3.22. The minimum absolute atomic E-state index is 0.420. The van der Waals surface area contributed by atoms with E-state index in [0.717, 1.165) is 6.08 Å². The number of benzene rings is 1. The summed E-state index contributed by atoms with van der Waals surface area (Å²) in [5.74, 6) is -3.65. The average molecular weight is 202 g/mol. The molecule has 0 unspecified atom stereocenters. The highest BCUT2D eigenvalue weighted by atomic mass is 19.3. The van der Waals surface area contributed by atoms with Crippen molar-refractivity contribution in [3.8, 4) is 0 Å². The van der Waals surface area contributed by atoms with E-state index < -0.39 is 18.3 Å². The summed E-state index contributed by atoms with van der Waals surface area (Å²) in [6.45, 7) is -1.23. The van der Waals surface area contributed by atoms with E-state index in [2.05, 4.69) is 0 Å². The number of hydrogen-bond donors (Lipinski definition) is 1. The molecule has 1 N–H and O–H groups in total. The molecular weight excluding hydrogens is 193 g/mol. The van der Waals surface area contributed by atoms with E-state index in [-0.39, 0.29) is 0 Å². The summed E-state index contributed by atoms with van der Waals surface area (Å²) in [4.78, 5) is 0. The summed E-state index contributed by atoms with van der Waals surface area (Å²) < 4.78 is 37.4. The van der Waals surface area contributed by atoms with Gasteiger partial charge in [-0.05, 0) is 23.8 Å². The fourth-order valence-corrected chi connectivity index (χ4v) is 0.845. The Balaban J connectivity index is 2.74. The topological polar surface area (TPSA) is 20.2 Å². The van der Waals surface area contributed by atoms with Gasteiger partial charge in [0.25, 0.3) is 5.92 Å². The lowest BCUT2D eigenvalue weighted by Gasteiger charge is -2.05. The van der Waals surface area contributed by atoms with Crippen LogP contribution in [0, 0.1) is 5.82 Å². The highest BCUT2D eigenvalue weighted by Crippen LogP contribution is 2.16. The summed E-state index contributed by atoms with van der Waals surface area (Å²) in [5, 5.41) is 8.25. The first kappa shape index (κ1) is 10.8. The van der Waals surface area contributed by atoms with Crippen LogP contribution in [0.15, 0.2) is 30.3 Å². The molecule has 0 heterocycles. The Morgan fingerprint density at radius 2 is 1.79 bits per heavy atom. The number of alkyl halides is 2. The molecule has 0 aromatic heterocycles. The first-order chi connectivity index (χ1) is 6.53. The van der Waals surface area contributed by atoms with E-state index in [4.69, 9.17) is 5.11 Å². The molecule has 1 rings (SSSR count). The molecule has 4 heteroatoms. The van der Waals surface area contributed by atoms with Crippen molar-refractivity contribution in [2.75, 3.05) is 6.61 Å². The molecule has 0 bridgehead atoms. The van der Waals surface area contributed by atoms with E-state index >= 15 is 0 Å². The highest BCUT2D eigenvalue weighted by molar-refractivity contribution is 5.49. The number of rotatable bonds is 3. The zero-order valence-electron chi connectivity index (χ0n) is 7.25. The van der Waals surface area contributed by atoms with Crippen LogP contribution in [0.3, 0.4) is 0 Å². The molecule has 0 saturated carbocycles. The van der Waals surface area contributed by atoms with Crippen LogP contribution >= 0.6 is 0 Å². The van der Waals surface area contributed by atoms with E-state index in [9.17, 15) is 13.2 Å². The maximum Gasteiger partial charge on any atom is 0.289 e. The van der Waals surface area contributed by atoms with E-state index in [1.165, 1.54) is 24.3 Å². The Hall–Kier alpha value is -1.29. The molecule has 0 aliphatic rings. The average Bonchev–Trinajstić information content (AvgIpc) is 2.17. The van der Waals surface area contributed by atoms with Crippen LogP contribution in [-0.4, -0.2) is 17.6 Å². The van der Waals surface area contributed by atoms with Crippen LogP contribution in [0.25, 0.3) is 6.08 Å². The Kier molecular flexibility index (Phi) is 3.30. The normalized spacial score (nSPS) is 12.3. The molecule has 14 heavy (non-hydrogen) atoms. The molecule has 0 atom stereocenters. The largest absolute Gasteiger partial charge is 0.390 e. The van der Waals surface area contributed by atoms with Crippen molar-refractivity contribution in [3.63, 3.8) is 0 Å². The molecular formula is C10H9F3O. The monoisotopic (exact) mass is 202 g/mol. The van der Waals surface area contributed by atoms with Crippen LogP contribution < -0.4 is 0 Å². The first-order valence-corrected chi connectivity index (χ1v) is 3.97. The van der Waals surface area contributed by atoms with Gasteiger partial charge in [0.15, 0.2) is 0 Å². The summed E-state index contributed by atoms with van der Waals surface area (Å²) in [7, 11) is 0. The van der Waals surface area contributed by atoms with E-state index in [1.807, 2.05) is 0 Å². The third-order valence-electron chi connectivity index (χ3n) is 1.60. The fraction of sp³-hybridized carbons (Fsp3) is 0.200. The zero-order chi connectivity index (χ0) is 10.6. The van der Waals surface area contributed by atoms with E-state index in [0.29, 0.717) is 11.6 Å². The quantitative estimate of drug-likeness (QED) is 0.798. The second-order valence-corrected chi connectivity index (χ2v) is 2.80. The molecule has 0 aliphatic heterocycles. The van der Waals surface area contributed by atoms with Crippen molar-refractivity contribution in [1.82, 2.24) is 0 Å². The van der Waals surface area contributed by atoms with E-state index in [1.54, 1.807) is 0 Å². The summed E-state index contributed by atoms with van der Waals surface area (Å²) >= 11 is 0. The lowest BCUT2D eigenvalue weighted by Crippen LogP contribution is -2.17. The third-order valence-corrected chi connectivity index (χ3v) is 1.60. The van der Waals surface area contributed by atoms with Gasteiger partial charge in [-0.25, -0.2) is 4.39 Å². The van der Waals surface area contributed by atoms with Crippen LogP contribution in [0.1, 0.15) is 5.56 Å². The fourth-order valence-electron chi connectivity index (χ4n) is 0.845. The van der Waals surface area contributed by atoms with Gasteiger partial charge in [0.2, 0.25) is 0 Å². The number of aliphatic hydroxyl groups is 1. The number of aliphatic hydroxyl groups excluding tert-OH is 1. The van der Waals surface area contributed by atoms with Gasteiger partial charge in [-0.15, -0.1) is 0 Å². The predicted molar refractivity (Wildman–Crippen MR) is 47.5 cm³/mol. The van der Waals surface area contributed by atoms with Gasteiger partial charge in [0.1, 0.15) is 12.4 Å². The number of halogens is 3. The molecule has 0 saturated heterocycles. The number of hydrogen-bond acceptors (Lipinski definition) is 1. The Bertz CT molecular complexity index is 317. The van der Waals surface area contributed by atoms with Crippen molar-refractivity contribution in [2.24, 2.45) is 0 Å². The lowest BCUT2D eigenvalue weighted by atomic mass is 10.2. The summed E-state index contributed by atoms with van der Waals surface area (Å²) in [6, 6.07) is 5.10. The predicted octanol–water partition coefficient (Wildman–Crippen LogP) is 2.47.